The summed E-state index contributed by atoms with van der Waals surface area (Å²) >= 11 is 0. The van der Waals surface area contributed by atoms with Crippen molar-refractivity contribution in [3.8, 4) is 0 Å². The second-order valence-electron chi connectivity index (χ2n) is 5.90. The van der Waals surface area contributed by atoms with Crippen molar-refractivity contribution in [1.82, 2.24) is 25.1 Å². The lowest BCUT2D eigenvalue weighted by Gasteiger charge is -2.30. The largest absolute Gasteiger partial charge is 0.444 e. The molecule has 2 aromatic rings. The lowest BCUT2D eigenvalue weighted by Crippen LogP contribution is -2.38. The Balaban J connectivity index is 1.62. The summed E-state index contributed by atoms with van der Waals surface area (Å²) in [5, 5.41) is 7.20. The first-order valence-electron chi connectivity index (χ1n) is 7.85. The number of ether oxygens (including phenoxy) is 1. The third-order valence-electron chi connectivity index (χ3n) is 3.82. The molecule has 120 valence electrons. The fourth-order valence-electron chi connectivity index (χ4n) is 2.47. The minimum atomic E-state index is -0.0927. The molecular formula is C15H23N5O2. The van der Waals surface area contributed by atoms with Crippen molar-refractivity contribution in [3.05, 3.63) is 29.5 Å². The van der Waals surface area contributed by atoms with E-state index in [4.69, 9.17) is 9.15 Å². The fourth-order valence-corrected chi connectivity index (χ4v) is 2.47. The van der Waals surface area contributed by atoms with Crippen molar-refractivity contribution in [3.63, 3.8) is 0 Å². The SMILES string of the molecule is CCc1nc(C2CN(Cc3ncc(C(C)C)o3)CCO2)n[nH]1. The maximum absolute atomic E-state index is 5.80. The first kappa shape index (κ1) is 15.2. The number of H-pyrrole nitrogens is 1. The molecule has 0 aromatic carbocycles. The second-order valence-corrected chi connectivity index (χ2v) is 5.90. The highest BCUT2D eigenvalue weighted by molar-refractivity contribution is 5.00. The van der Waals surface area contributed by atoms with E-state index < -0.39 is 0 Å². The Labute approximate surface area is 130 Å². The Morgan fingerprint density at radius 3 is 3.00 bits per heavy atom. The van der Waals surface area contributed by atoms with Gasteiger partial charge in [0.15, 0.2) is 5.82 Å². The van der Waals surface area contributed by atoms with E-state index in [2.05, 4.69) is 38.9 Å². The van der Waals surface area contributed by atoms with Crippen molar-refractivity contribution in [1.29, 1.82) is 0 Å². The molecule has 2 aromatic heterocycles. The van der Waals surface area contributed by atoms with Gasteiger partial charge in [0.25, 0.3) is 0 Å². The Kier molecular flexibility index (Phi) is 4.54. The lowest BCUT2D eigenvalue weighted by atomic mass is 10.2. The van der Waals surface area contributed by atoms with Crippen LogP contribution in [0.4, 0.5) is 0 Å². The molecule has 0 radical (unpaired) electrons. The summed E-state index contributed by atoms with van der Waals surface area (Å²) < 4.78 is 11.6. The summed E-state index contributed by atoms with van der Waals surface area (Å²) in [4.78, 5) is 11.1. The predicted octanol–water partition coefficient (Wildman–Crippen LogP) is 2.05. The van der Waals surface area contributed by atoms with Gasteiger partial charge in [0.05, 0.1) is 19.3 Å². The fraction of sp³-hybridized carbons (Fsp3) is 0.667. The smallest absolute Gasteiger partial charge is 0.208 e. The molecule has 0 saturated carbocycles. The highest BCUT2D eigenvalue weighted by Crippen LogP contribution is 2.21. The van der Waals surface area contributed by atoms with Gasteiger partial charge in [0.2, 0.25) is 5.89 Å². The van der Waals surface area contributed by atoms with Crippen LogP contribution in [0.5, 0.6) is 0 Å². The van der Waals surface area contributed by atoms with E-state index in [9.17, 15) is 0 Å². The van der Waals surface area contributed by atoms with Crippen molar-refractivity contribution in [2.24, 2.45) is 0 Å². The molecule has 1 atom stereocenters. The number of oxazole rings is 1. The molecule has 0 amide bonds. The Bertz CT molecular complexity index is 607. The van der Waals surface area contributed by atoms with E-state index in [1.807, 2.05) is 13.1 Å². The number of hydrogen-bond acceptors (Lipinski definition) is 6. The van der Waals surface area contributed by atoms with Crippen molar-refractivity contribution >= 4 is 0 Å². The van der Waals surface area contributed by atoms with Gasteiger partial charge in [-0.2, -0.15) is 5.10 Å². The van der Waals surface area contributed by atoms with Crippen molar-refractivity contribution in [2.75, 3.05) is 19.7 Å². The number of rotatable bonds is 5. The van der Waals surface area contributed by atoms with Crippen LogP contribution in [0.3, 0.4) is 0 Å². The van der Waals surface area contributed by atoms with Crippen LogP contribution in [0.2, 0.25) is 0 Å². The van der Waals surface area contributed by atoms with Crippen LogP contribution in [-0.4, -0.2) is 44.8 Å². The number of nitrogens with one attached hydrogen (secondary N) is 1. The molecule has 3 heterocycles. The number of morpholine rings is 1. The van der Waals surface area contributed by atoms with Crippen molar-refractivity contribution < 1.29 is 9.15 Å². The zero-order valence-corrected chi connectivity index (χ0v) is 13.4. The molecule has 1 aliphatic heterocycles. The van der Waals surface area contributed by atoms with Crippen LogP contribution in [0.1, 0.15) is 56.1 Å². The molecule has 3 rings (SSSR count). The minimum Gasteiger partial charge on any atom is -0.444 e. The maximum atomic E-state index is 5.80. The van der Waals surface area contributed by atoms with Gasteiger partial charge in [-0.15, -0.1) is 0 Å². The number of nitrogens with zero attached hydrogens (tertiary/aromatic N) is 4. The van der Waals surface area contributed by atoms with Crippen LogP contribution in [-0.2, 0) is 17.7 Å². The molecule has 7 nitrogen and oxygen atoms in total. The molecule has 7 heteroatoms. The summed E-state index contributed by atoms with van der Waals surface area (Å²) in [6.07, 6.45) is 2.57. The highest BCUT2D eigenvalue weighted by atomic mass is 16.5. The second kappa shape index (κ2) is 6.58. The van der Waals surface area contributed by atoms with E-state index in [0.29, 0.717) is 19.1 Å². The van der Waals surface area contributed by atoms with Gasteiger partial charge in [0.1, 0.15) is 17.7 Å². The van der Waals surface area contributed by atoms with E-state index >= 15 is 0 Å². The Morgan fingerprint density at radius 2 is 2.32 bits per heavy atom. The van der Waals surface area contributed by atoms with Gasteiger partial charge in [-0.1, -0.05) is 20.8 Å². The summed E-state index contributed by atoms with van der Waals surface area (Å²) in [5.74, 6) is 3.68. The average molecular weight is 305 g/mol. The zero-order valence-electron chi connectivity index (χ0n) is 13.4. The molecule has 22 heavy (non-hydrogen) atoms. The minimum absolute atomic E-state index is 0.0927. The molecule has 1 unspecified atom stereocenters. The number of aromatic amines is 1. The summed E-state index contributed by atoms with van der Waals surface area (Å²) in [6.45, 7) is 9.22. The van der Waals surface area contributed by atoms with Crippen LogP contribution in [0.15, 0.2) is 10.6 Å². The summed E-state index contributed by atoms with van der Waals surface area (Å²) in [5.41, 5.74) is 0. The van der Waals surface area contributed by atoms with Gasteiger partial charge >= 0.3 is 0 Å². The number of aromatic nitrogens is 4. The molecule has 0 aliphatic carbocycles. The van der Waals surface area contributed by atoms with Gasteiger partial charge in [-0.25, -0.2) is 9.97 Å². The predicted molar refractivity (Wildman–Crippen MR) is 80.3 cm³/mol. The molecule has 0 bridgehead atoms. The summed E-state index contributed by atoms with van der Waals surface area (Å²) in [6, 6.07) is 0. The van der Waals surface area contributed by atoms with Crippen LogP contribution in [0, 0.1) is 0 Å². The maximum Gasteiger partial charge on any atom is 0.208 e. The molecule has 0 spiro atoms. The van der Waals surface area contributed by atoms with Crippen molar-refractivity contribution in [2.45, 2.75) is 45.8 Å². The van der Waals surface area contributed by atoms with E-state index in [1.165, 1.54) is 0 Å². The van der Waals surface area contributed by atoms with Gasteiger partial charge < -0.3 is 9.15 Å². The first-order valence-corrected chi connectivity index (χ1v) is 7.85. The molecule has 1 saturated heterocycles. The van der Waals surface area contributed by atoms with Crippen LogP contribution < -0.4 is 0 Å². The van der Waals surface area contributed by atoms with Gasteiger partial charge in [-0.3, -0.25) is 10.00 Å². The van der Waals surface area contributed by atoms with E-state index in [1.54, 1.807) is 0 Å². The Morgan fingerprint density at radius 1 is 1.45 bits per heavy atom. The lowest BCUT2D eigenvalue weighted by molar-refractivity contribution is -0.0393. The first-order chi connectivity index (χ1) is 10.7. The monoisotopic (exact) mass is 305 g/mol. The quantitative estimate of drug-likeness (QED) is 0.910. The number of hydrogen-bond donors (Lipinski definition) is 1. The van der Waals surface area contributed by atoms with Gasteiger partial charge in [-0.05, 0) is 0 Å². The normalized spacial score (nSPS) is 19.9. The molecule has 1 fully saturated rings. The van der Waals surface area contributed by atoms with Crippen LogP contribution >= 0.6 is 0 Å². The highest BCUT2D eigenvalue weighted by Gasteiger charge is 2.26. The molecule has 1 aliphatic rings. The average Bonchev–Trinajstić information content (AvgIpc) is 3.16. The molecular weight excluding hydrogens is 282 g/mol. The van der Waals surface area contributed by atoms with Crippen LogP contribution in [0.25, 0.3) is 0 Å². The third kappa shape index (κ3) is 3.36. The van der Waals surface area contributed by atoms with E-state index in [0.717, 1.165) is 42.8 Å². The standard InChI is InChI=1S/C15H23N5O2/c1-4-13-17-15(19-18-13)12-8-20(5-6-21-12)9-14-16-7-11(22-14)10(2)3/h7,10,12H,4-6,8-9H2,1-3H3,(H,17,18,19). The Hall–Kier alpha value is -1.73. The zero-order chi connectivity index (χ0) is 15.5. The summed E-state index contributed by atoms with van der Waals surface area (Å²) in [7, 11) is 0. The topological polar surface area (TPSA) is 80.1 Å². The number of aryl methyl sites for hydroxylation is 1. The third-order valence-corrected chi connectivity index (χ3v) is 3.82. The molecule has 1 N–H and O–H groups in total. The van der Waals surface area contributed by atoms with Gasteiger partial charge in [0, 0.05) is 25.4 Å². The van der Waals surface area contributed by atoms with E-state index in [-0.39, 0.29) is 6.10 Å².